The predicted molar refractivity (Wildman–Crippen MR) is 88.9 cm³/mol. The van der Waals surface area contributed by atoms with E-state index in [9.17, 15) is 0 Å². The van der Waals surface area contributed by atoms with Crippen LogP contribution in [0.4, 0.5) is 0 Å². The molecule has 3 heterocycles. The van der Waals surface area contributed by atoms with Crippen LogP contribution in [0.3, 0.4) is 0 Å². The molecule has 22 heavy (non-hydrogen) atoms. The summed E-state index contributed by atoms with van der Waals surface area (Å²) in [6.07, 6.45) is 6.44. The SMILES string of the molecule is CC(C)C1=CC2N=C(c3ccc4cccnc4n3)NC2CC1. The van der Waals surface area contributed by atoms with Crippen LogP contribution in [0.1, 0.15) is 32.4 Å². The molecule has 4 heteroatoms. The highest BCUT2D eigenvalue weighted by molar-refractivity contribution is 6.00. The molecule has 2 aromatic heterocycles. The quantitative estimate of drug-likeness (QED) is 0.865. The lowest BCUT2D eigenvalue weighted by molar-refractivity contribution is 0.496. The highest BCUT2D eigenvalue weighted by Crippen LogP contribution is 2.29. The van der Waals surface area contributed by atoms with Crippen LogP contribution in [0.2, 0.25) is 0 Å². The zero-order chi connectivity index (χ0) is 15.1. The van der Waals surface area contributed by atoms with Crippen molar-refractivity contribution in [2.24, 2.45) is 10.9 Å². The molecule has 1 aliphatic carbocycles. The number of aromatic nitrogens is 2. The first kappa shape index (κ1) is 13.4. The molecule has 0 bridgehead atoms. The van der Waals surface area contributed by atoms with E-state index in [0.29, 0.717) is 12.0 Å². The molecule has 1 aliphatic heterocycles. The summed E-state index contributed by atoms with van der Waals surface area (Å²) in [5.74, 6) is 1.52. The van der Waals surface area contributed by atoms with Crippen molar-refractivity contribution in [3.8, 4) is 0 Å². The van der Waals surface area contributed by atoms with Crippen molar-refractivity contribution in [1.29, 1.82) is 0 Å². The molecule has 0 amide bonds. The second-order valence-corrected chi connectivity index (χ2v) is 6.40. The summed E-state index contributed by atoms with van der Waals surface area (Å²) >= 11 is 0. The monoisotopic (exact) mass is 292 g/mol. The topological polar surface area (TPSA) is 50.2 Å². The van der Waals surface area contributed by atoms with Gasteiger partial charge in [-0.2, -0.15) is 0 Å². The minimum Gasteiger partial charge on any atom is -0.363 e. The number of hydrogen-bond donors (Lipinski definition) is 1. The first-order chi connectivity index (χ1) is 10.7. The van der Waals surface area contributed by atoms with E-state index in [0.717, 1.165) is 29.0 Å². The van der Waals surface area contributed by atoms with Crippen LogP contribution in [0, 0.1) is 5.92 Å². The summed E-state index contributed by atoms with van der Waals surface area (Å²) in [4.78, 5) is 13.8. The number of allylic oxidation sites excluding steroid dienone is 1. The van der Waals surface area contributed by atoms with Gasteiger partial charge in [-0.05, 0) is 43.0 Å². The average molecular weight is 292 g/mol. The molecule has 1 N–H and O–H groups in total. The lowest BCUT2D eigenvalue weighted by Crippen LogP contribution is -2.36. The maximum atomic E-state index is 4.86. The zero-order valence-corrected chi connectivity index (χ0v) is 13.0. The molecule has 0 spiro atoms. The van der Waals surface area contributed by atoms with Gasteiger partial charge < -0.3 is 5.32 Å². The average Bonchev–Trinajstić information content (AvgIpc) is 2.97. The standard InChI is InChI=1S/C18H20N4/c1-11(2)13-6-7-14-16(10-13)22-18(20-14)15-8-5-12-4-3-9-19-17(12)21-15/h3-5,8-11,14,16H,6-7H2,1-2H3,(H,20,22). The molecule has 112 valence electrons. The molecule has 4 nitrogen and oxygen atoms in total. The number of nitrogens with zero attached hydrogens (tertiary/aromatic N) is 3. The smallest absolute Gasteiger partial charge is 0.159 e. The Kier molecular flexibility index (Phi) is 3.17. The number of pyridine rings is 2. The summed E-state index contributed by atoms with van der Waals surface area (Å²) in [6.45, 7) is 4.52. The molecule has 2 atom stereocenters. The largest absolute Gasteiger partial charge is 0.363 e. The van der Waals surface area contributed by atoms with Gasteiger partial charge in [-0.25, -0.2) is 9.97 Å². The fraction of sp³-hybridized carbons (Fsp3) is 0.389. The second-order valence-electron chi connectivity index (χ2n) is 6.40. The molecule has 0 fully saturated rings. The Hall–Kier alpha value is -2.23. The summed E-state index contributed by atoms with van der Waals surface area (Å²) in [5, 5.41) is 4.61. The van der Waals surface area contributed by atoms with Crippen LogP contribution in [-0.2, 0) is 0 Å². The highest BCUT2D eigenvalue weighted by Gasteiger charge is 2.31. The zero-order valence-electron chi connectivity index (χ0n) is 13.0. The van der Waals surface area contributed by atoms with E-state index >= 15 is 0 Å². The third-order valence-electron chi connectivity index (χ3n) is 4.59. The summed E-state index contributed by atoms with van der Waals surface area (Å²) < 4.78 is 0. The fourth-order valence-electron chi connectivity index (χ4n) is 3.26. The fourth-order valence-corrected chi connectivity index (χ4v) is 3.26. The number of aliphatic imine (C=N–C) groups is 1. The maximum Gasteiger partial charge on any atom is 0.159 e. The first-order valence-corrected chi connectivity index (χ1v) is 7.98. The molecule has 0 saturated carbocycles. The lowest BCUT2D eigenvalue weighted by Gasteiger charge is -2.25. The van der Waals surface area contributed by atoms with Crippen molar-refractivity contribution >= 4 is 16.9 Å². The third-order valence-corrected chi connectivity index (χ3v) is 4.59. The van der Waals surface area contributed by atoms with Gasteiger partial charge in [-0.3, -0.25) is 4.99 Å². The molecule has 4 rings (SSSR count). The van der Waals surface area contributed by atoms with Crippen molar-refractivity contribution < 1.29 is 0 Å². The van der Waals surface area contributed by atoms with Crippen molar-refractivity contribution in [1.82, 2.24) is 15.3 Å². The Bertz CT molecular complexity index is 776. The van der Waals surface area contributed by atoms with Crippen LogP contribution < -0.4 is 5.32 Å². The first-order valence-electron chi connectivity index (χ1n) is 7.98. The van der Waals surface area contributed by atoms with Crippen molar-refractivity contribution in [2.45, 2.75) is 38.8 Å². The summed E-state index contributed by atoms with van der Waals surface area (Å²) in [5.41, 5.74) is 3.19. The van der Waals surface area contributed by atoms with Crippen LogP contribution in [-0.4, -0.2) is 27.9 Å². The molecule has 2 aliphatic rings. The molecular formula is C18H20N4. The lowest BCUT2D eigenvalue weighted by atomic mass is 9.87. The Morgan fingerprint density at radius 1 is 1.23 bits per heavy atom. The number of hydrogen-bond acceptors (Lipinski definition) is 4. The van der Waals surface area contributed by atoms with Gasteiger partial charge in [-0.15, -0.1) is 0 Å². The van der Waals surface area contributed by atoms with E-state index < -0.39 is 0 Å². The van der Waals surface area contributed by atoms with E-state index in [-0.39, 0.29) is 6.04 Å². The Labute approximate surface area is 130 Å². The van der Waals surface area contributed by atoms with Crippen LogP contribution in [0.25, 0.3) is 11.0 Å². The summed E-state index contributed by atoms with van der Waals surface area (Å²) in [7, 11) is 0. The van der Waals surface area contributed by atoms with Gasteiger partial charge in [0.05, 0.1) is 12.1 Å². The van der Waals surface area contributed by atoms with Gasteiger partial charge in [0.15, 0.2) is 5.65 Å². The Morgan fingerprint density at radius 3 is 3.00 bits per heavy atom. The molecule has 0 aromatic carbocycles. The Morgan fingerprint density at radius 2 is 2.14 bits per heavy atom. The third kappa shape index (κ3) is 2.28. The number of rotatable bonds is 2. The van der Waals surface area contributed by atoms with E-state index in [4.69, 9.17) is 4.99 Å². The van der Waals surface area contributed by atoms with Crippen LogP contribution in [0.15, 0.2) is 47.1 Å². The van der Waals surface area contributed by atoms with E-state index in [1.54, 1.807) is 6.20 Å². The summed E-state index contributed by atoms with van der Waals surface area (Å²) in [6, 6.07) is 8.72. The van der Waals surface area contributed by atoms with Gasteiger partial charge >= 0.3 is 0 Å². The minimum absolute atomic E-state index is 0.252. The minimum atomic E-state index is 0.252. The van der Waals surface area contributed by atoms with Gasteiger partial charge in [0.1, 0.15) is 11.5 Å². The predicted octanol–water partition coefficient (Wildman–Crippen LogP) is 3.09. The molecular weight excluding hydrogens is 272 g/mol. The van der Waals surface area contributed by atoms with Gasteiger partial charge in [0, 0.05) is 11.6 Å². The maximum absolute atomic E-state index is 4.86. The number of amidine groups is 1. The van der Waals surface area contributed by atoms with Crippen molar-refractivity contribution in [3.63, 3.8) is 0 Å². The van der Waals surface area contributed by atoms with Gasteiger partial charge in [0.25, 0.3) is 0 Å². The van der Waals surface area contributed by atoms with Crippen LogP contribution in [0.5, 0.6) is 0 Å². The Balaban J connectivity index is 1.67. The van der Waals surface area contributed by atoms with E-state index in [1.165, 1.54) is 12.0 Å². The number of fused-ring (bicyclic) bond motifs is 2. The molecule has 0 saturated heterocycles. The highest BCUT2D eigenvalue weighted by atomic mass is 15.1. The van der Waals surface area contributed by atoms with E-state index in [1.807, 2.05) is 18.2 Å². The van der Waals surface area contributed by atoms with Gasteiger partial charge in [-0.1, -0.05) is 25.5 Å². The van der Waals surface area contributed by atoms with Gasteiger partial charge in [0.2, 0.25) is 0 Å². The normalized spacial score (nSPS) is 24.0. The molecule has 2 aromatic rings. The molecule has 2 unspecified atom stereocenters. The van der Waals surface area contributed by atoms with Crippen molar-refractivity contribution in [3.05, 3.63) is 47.8 Å². The van der Waals surface area contributed by atoms with E-state index in [2.05, 4.69) is 41.3 Å². The molecule has 0 radical (unpaired) electrons. The van der Waals surface area contributed by atoms with Crippen LogP contribution >= 0.6 is 0 Å². The second kappa shape index (κ2) is 5.20. The van der Waals surface area contributed by atoms with Crippen molar-refractivity contribution in [2.75, 3.05) is 0 Å². The number of nitrogens with one attached hydrogen (secondary N) is 1.